The van der Waals surface area contributed by atoms with Crippen LogP contribution in [-0.4, -0.2) is 22.6 Å². The molecule has 0 unspecified atom stereocenters. The second-order valence-electron chi connectivity index (χ2n) is 4.66. The molecule has 1 aliphatic rings. The molecule has 6 heteroatoms. The first-order chi connectivity index (χ1) is 9.22. The fourth-order valence-electron chi connectivity index (χ4n) is 2.22. The summed E-state index contributed by atoms with van der Waals surface area (Å²) in [6.45, 7) is 3.07. The number of hydrogen-bond donors (Lipinski definition) is 1. The molecule has 3 heterocycles. The van der Waals surface area contributed by atoms with E-state index in [1.165, 1.54) is 0 Å². The van der Waals surface area contributed by atoms with Crippen molar-refractivity contribution in [2.75, 3.05) is 11.9 Å². The number of anilines is 1. The van der Waals surface area contributed by atoms with Crippen molar-refractivity contribution in [3.05, 3.63) is 35.4 Å². The van der Waals surface area contributed by atoms with Gasteiger partial charge in [0.25, 0.3) is 0 Å². The fourth-order valence-corrected chi connectivity index (χ4v) is 2.22. The zero-order valence-corrected chi connectivity index (χ0v) is 10.7. The van der Waals surface area contributed by atoms with Crippen LogP contribution in [0.5, 0.6) is 0 Å². The van der Waals surface area contributed by atoms with Gasteiger partial charge in [-0.3, -0.25) is 5.32 Å². The molecule has 0 spiro atoms. The van der Waals surface area contributed by atoms with Crippen LogP contribution in [0, 0.1) is 6.92 Å². The van der Waals surface area contributed by atoms with Crippen LogP contribution in [0.4, 0.5) is 10.7 Å². The molecule has 0 aromatic carbocycles. The monoisotopic (exact) mass is 261 g/mol. The van der Waals surface area contributed by atoms with Gasteiger partial charge in [-0.2, -0.15) is 0 Å². The Morgan fingerprint density at radius 2 is 2.42 bits per heavy atom. The van der Waals surface area contributed by atoms with Crippen LogP contribution >= 0.6 is 0 Å². The zero-order valence-electron chi connectivity index (χ0n) is 10.7. The Balaban J connectivity index is 1.70. The van der Waals surface area contributed by atoms with Gasteiger partial charge in [-0.15, -0.1) is 0 Å². The van der Waals surface area contributed by atoms with Crippen LogP contribution in [0.2, 0.25) is 0 Å². The number of aromatic nitrogens is 1. The Bertz CT molecular complexity index is 587. The SMILES string of the molecule is Cc1cc(NC(=O)N2CCCc3occc3C2)on1. The predicted molar refractivity (Wildman–Crippen MR) is 67.7 cm³/mol. The summed E-state index contributed by atoms with van der Waals surface area (Å²) in [7, 11) is 0. The zero-order chi connectivity index (χ0) is 13.2. The first-order valence-electron chi connectivity index (χ1n) is 6.27. The van der Waals surface area contributed by atoms with E-state index in [4.69, 9.17) is 8.94 Å². The Morgan fingerprint density at radius 3 is 3.21 bits per heavy atom. The van der Waals surface area contributed by atoms with Gasteiger partial charge in [0.05, 0.1) is 18.5 Å². The minimum Gasteiger partial charge on any atom is -0.469 e. The molecule has 1 N–H and O–H groups in total. The molecule has 0 saturated heterocycles. The molecule has 0 atom stereocenters. The summed E-state index contributed by atoms with van der Waals surface area (Å²) in [5, 5.41) is 6.45. The highest BCUT2D eigenvalue weighted by Gasteiger charge is 2.21. The Hall–Kier alpha value is -2.24. The highest BCUT2D eigenvalue weighted by Crippen LogP contribution is 2.20. The molecule has 1 aliphatic heterocycles. The topological polar surface area (TPSA) is 71.5 Å². The van der Waals surface area contributed by atoms with E-state index >= 15 is 0 Å². The number of carbonyl (C=O) groups excluding carboxylic acids is 1. The van der Waals surface area contributed by atoms with Crippen molar-refractivity contribution in [2.45, 2.75) is 26.3 Å². The van der Waals surface area contributed by atoms with E-state index in [2.05, 4.69) is 10.5 Å². The van der Waals surface area contributed by atoms with Gasteiger partial charge in [-0.1, -0.05) is 5.16 Å². The Kier molecular flexibility index (Phi) is 2.98. The number of amides is 2. The average Bonchev–Trinajstić information content (AvgIpc) is 2.93. The number of nitrogens with zero attached hydrogens (tertiary/aromatic N) is 2. The molecule has 2 aromatic heterocycles. The Labute approximate surface area is 110 Å². The van der Waals surface area contributed by atoms with E-state index in [0.29, 0.717) is 19.0 Å². The minimum absolute atomic E-state index is 0.176. The van der Waals surface area contributed by atoms with E-state index in [9.17, 15) is 4.79 Å². The van der Waals surface area contributed by atoms with Crippen LogP contribution in [0.15, 0.2) is 27.3 Å². The smallest absolute Gasteiger partial charge is 0.324 e. The summed E-state index contributed by atoms with van der Waals surface area (Å²) in [6, 6.07) is 3.43. The number of urea groups is 1. The Morgan fingerprint density at radius 1 is 1.53 bits per heavy atom. The maximum atomic E-state index is 12.2. The standard InChI is InChI=1S/C13H15N3O3/c1-9-7-12(19-15-9)14-13(17)16-5-2-3-11-10(8-16)4-6-18-11/h4,6-7H,2-3,5,8H2,1H3,(H,14,17). The highest BCUT2D eigenvalue weighted by atomic mass is 16.5. The number of carbonyl (C=O) groups is 1. The first-order valence-corrected chi connectivity index (χ1v) is 6.27. The van der Waals surface area contributed by atoms with E-state index in [0.717, 1.165) is 29.9 Å². The third kappa shape index (κ3) is 2.47. The van der Waals surface area contributed by atoms with Crippen molar-refractivity contribution in [3.8, 4) is 0 Å². The molecule has 2 amide bonds. The molecule has 6 nitrogen and oxygen atoms in total. The van der Waals surface area contributed by atoms with E-state index < -0.39 is 0 Å². The van der Waals surface area contributed by atoms with Crippen molar-refractivity contribution >= 4 is 11.9 Å². The lowest BCUT2D eigenvalue weighted by Gasteiger charge is -2.19. The predicted octanol–water partition coefficient (Wildman–Crippen LogP) is 2.56. The number of aryl methyl sites for hydroxylation is 2. The van der Waals surface area contributed by atoms with Gasteiger partial charge in [0.2, 0.25) is 5.88 Å². The molecule has 100 valence electrons. The molecular formula is C13H15N3O3. The number of fused-ring (bicyclic) bond motifs is 1. The van der Waals surface area contributed by atoms with Crippen molar-refractivity contribution < 1.29 is 13.7 Å². The fraction of sp³-hybridized carbons (Fsp3) is 0.385. The van der Waals surface area contributed by atoms with Gasteiger partial charge >= 0.3 is 6.03 Å². The normalized spacial score (nSPS) is 14.9. The van der Waals surface area contributed by atoms with Crippen molar-refractivity contribution in [1.29, 1.82) is 0 Å². The third-order valence-corrected chi connectivity index (χ3v) is 3.18. The van der Waals surface area contributed by atoms with Gasteiger partial charge in [0.15, 0.2) is 0 Å². The van der Waals surface area contributed by atoms with Gasteiger partial charge < -0.3 is 13.8 Å². The summed E-state index contributed by atoms with van der Waals surface area (Å²) >= 11 is 0. The van der Waals surface area contributed by atoms with Gasteiger partial charge in [0.1, 0.15) is 5.76 Å². The van der Waals surface area contributed by atoms with E-state index in [-0.39, 0.29) is 6.03 Å². The van der Waals surface area contributed by atoms with Crippen LogP contribution < -0.4 is 5.32 Å². The van der Waals surface area contributed by atoms with Crippen molar-refractivity contribution in [2.24, 2.45) is 0 Å². The lowest BCUT2D eigenvalue weighted by atomic mass is 10.2. The lowest BCUT2D eigenvalue weighted by molar-refractivity contribution is 0.209. The summed E-state index contributed by atoms with van der Waals surface area (Å²) in [5.74, 6) is 1.35. The molecule has 0 fully saturated rings. The summed E-state index contributed by atoms with van der Waals surface area (Å²) < 4.78 is 10.4. The summed E-state index contributed by atoms with van der Waals surface area (Å²) in [4.78, 5) is 13.9. The quantitative estimate of drug-likeness (QED) is 0.856. The van der Waals surface area contributed by atoms with Crippen LogP contribution in [0.1, 0.15) is 23.4 Å². The maximum Gasteiger partial charge on any atom is 0.324 e. The molecular weight excluding hydrogens is 246 g/mol. The lowest BCUT2D eigenvalue weighted by Crippen LogP contribution is -2.34. The van der Waals surface area contributed by atoms with Gasteiger partial charge in [-0.25, -0.2) is 4.79 Å². The number of furan rings is 1. The van der Waals surface area contributed by atoms with E-state index in [1.807, 2.05) is 13.0 Å². The van der Waals surface area contributed by atoms with Crippen molar-refractivity contribution in [3.63, 3.8) is 0 Å². The number of hydrogen-bond acceptors (Lipinski definition) is 4. The second kappa shape index (κ2) is 4.79. The molecule has 0 bridgehead atoms. The largest absolute Gasteiger partial charge is 0.469 e. The van der Waals surface area contributed by atoms with Gasteiger partial charge in [0, 0.05) is 24.6 Å². The van der Waals surface area contributed by atoms with Gasteiger partial charge in [-0.05, 0) is 19.4 Å². The van der Waals surface area contributed by atoms with Crippen LogP contribution in [0.3, 0.4) is 0 Å². The highest BCUT2D eigenvalue weighted by molar-refractivity contribution is 5.87. The van der Waals surface area contributed by atoms with Crippen LogP contribution in [-0.2, 0) is 13.0 Å². The van der Waals surface area contributed by atoms with E-state index in [1.54, 1.807) is 17.2 Å². The summed E-state index contributed by atoms with van der Waals surface area (Å²) in [6.07, 6.45) is 3.43. The first kappa shape index (κ1) is 11.8. The third-order valence-electron chi connectivity index (χ3n) is 3.18. The molecule has 0 saturated carbocycles. The molecule has 2 aromatic rings. The van der Waals surface area contributed by atoms with Crippen LogP contribution in [0.25, 0.3) is 0 Å². The number of rotatable bonds is 1. The van der Waals surface area contributed by atoms with Crippen molar-refractivity contribution in [1.82, 2.24) is 10.1 Å². The minimum atomic E-state index is -0.176. The average molecular weight is 261 g/mol. The molecule has 3 rings (SSSR count). The second-order valence-corrected chi connectivity index (χ2v) is 4.66. The number of nitrogens with one attached hydrogen (secondary N) is 1. The maximum absolute atomic E-state index is 12.2. The molecule has 0 aliphatic carbocycles. The summed E-state index contributed by atoms with van der Waals surface area (Å²) in [5.41, 5.74) is 1.81. The molecule has 19 heavy (non-hydrogen) atoms. The molecule has 0 radical (unpaired) electrons.